The zero-order chi connectivity index (χ0) is 19.4. The molecule has 0 aliphatic heterocycles. The van der Waals surface area contributed by atoms with Crippen LogP contribution in [0.3, 0.4) is 0 Å². The first kappa shape index (κ1) is 18.7. The number of nitrogens with one attached hydrogen (secondary N) is 2. The first-order valence-corrected chi connectivity index (χ1v) is 8.66. The molecule has 0 aliphatic rings. The van der Waals surface area contributed by atoms with Crippen LogP contribution in [0.4, 0.5) is 17.3 Å². The molecule has 3 rings (SSSR count). The van der Waals surface area contributed by atoms with Crippen molar-refractivity contribution in [2.24, 2.45) is 0 Å². The molecular weight excluding hydrogens is 364 g/mol. The number of hydrogen-bond donors (Lipinski definition) is 2. The van der Waals surface area contributed by atoms with Gasteiger partial charge in [0.15, 0.2) is 0 Å². The van der Waals surface area contributed by atoms with Crippen LogP contribution in [-0.4, -0.2) is 23.0 Å². The number of aromatic nitrogens is 2. The highest BCUT2D eigenvalue weighted by Gasteiger charge is 2.12. The van der Waals surface area contributed by atoms with E-state index in [-0.39, 0.29) is 11.6 Å². The molecule has 27 heavy (non-hydrogen) atoms. The highest BCUT2D eigenvalue weighted by molar-refractivity contribution is 6.31. The van der Waals surface area contributed by atoms with Crippen LogP contribution < -0.4 is 15.4 Å². The zero-order valence-corrected chi connectivity index (χ0v) is 16.0. The molecule has 0 bridgehead atoms. The van der Waals surface area contributed by atoms with Crippen LogP contribution in [0.15, 0.2) is 48.5 Å². The highest BCUT2D eigenvalue weighted by Crippen LogP contribution is 2.22. The van der Waals surface area contributed by atoms with Crippen LogP contribution >= 0.6 is 11.6 Å². The maximum Gasteiger partial charge on any atom is 0.274 e. The number of methoxy groups -OCH3 is 1. The van der Waals surface area contributed by atoms with Crippen molar-refractivity contribution in [3.63, 3.8) is 0 Å². The van der Waals surface area contributed by atoms with Crippen LogP contribution in [0.5, 0.6) is 5.75 Å². The number of ether oxygens (including phenoxy) is 1. The van der Waals surface area contributed by atoms with E-state index in [0.29, 0.717) is 28.1 Å². The third kappa shape index (κ3) is 4.74. The number of carbonyl (C=O) groups is 1. The average molecular weight is 383 g/mol. The number of benzene rings is 2. The number of halogens is 1. The predicted octanol–water partition coefficient (Wildman–Crippen LogP) is 4.75. The lowest BCUT2D eigenvalue weighted by atomic mass is 10.2. The van der Waals surface area contributed by atoms with Crippen LogP contribution in [0.1, 0.15) is 21.7 Å². The summed E-state index contributed by atoms with van der Waals surface area (Å²) in [6.45, 7) is 3.73. The number of hydrogen-bond acceptors (Lipinski definition) is 5. The molecule has 0 spiro atoms. The van der Waals surface area contributed by atoms with Gasteiger partial charge in [0.1, 0.15) is 11.4 Å². The van der Waals surface area contributed by atoms with Gasteiger partial charge in [-0.05, 0) is 61.9 Å². The number of rotatable bonds is 5. The third-order valence-electron chi connectivity index (χ3n) is 3.86. The van der Waals surface area contributed by atoms with E-state index >= 15 is 0 Å². The van der Waals surface area contributed by atoms with Crippen LogP contribution in [0.25, 0.3) is 0 Å². The van der Waals surface area contributed by atoms with Crippen LogP contribution in [0, 0.1) is 13.8 Å². The maximum atomic E-state index is 12.5. The molecule has 0 saturated heterocycles. The molecule has 0 saturated carbocycles. The molecule has 0 aliphatic carbocycles. The Bertz CT molecular complexity index is 974. The van der Waals surface area contributed by atoms with Gasteiger partial charge in [-0.25, -0.2) is 9.97 Å². The van der Waals surface area contributed by atoms with Gasteiger partial charge in [0, 0.05) is 22.1 Å². The quantitative estimate of drug-likeness (QED) is 0.665. The molecule has 3 aromatic rings. The zero-order valence-electron chi connectivity index (χ0n) is 15.2. The Kier molecular flexibility index (Phi) is 5.57. The molecule has 0 fully saturated rings. The minimum absolute atomic E-state index is 0.263. The monoisotopic (exact) mass is 382 g/mol. The van der Waals surface area contributed by atoms with E-state index in [4.69, 9.17) is 16.3 Å². The molecule has 0 unspecified atom stereocenters. The van der Waals surface area contributed by atoms with Gasteiger partial charge in [-0.15, -0.1) is 0 Å². The van der Waals surface area contributed by atoms with Crippen molar-refractivity contribution in [3.8, 4) is 5.75 Å². The predicted molar refractivity (Wildman–Crippen MR) is 107 cm³/mol. The lowest BCUT2D eigenvalue weighted by Gasteiger charge is -2.10. The Morgan fingerprint density at radius 3 is 2.37 bits per heavy atom. The molecule has 0 atom stereocenters. The molecule has 0 radical (unpaired) electrons. The summed E-state index contributed by atoms with van der Waals surface area (Å²) < 4.78 is 5.11. The second-order valence-electron chi connectivity index (χ2n) is 5.99. The van der Waals surface area contributed by atoms with Crippen molar-refractivity contribution >= 4 is 34.8 Å². The summed E-state index contributed by atoms with van der Waals surface area (Å²) in [5.74, 6) is 0.722. The standard InChI is InChI=1S/C20H19ClN4O2/c1-12-4-5-15(11-17(12)21)24-20-22-13(2)10-18(25-20)19(26)23-14-6-8-16(27-3)9-7-14/h4-11H,1-3H3,(H,23,26)(H,22,24,25). The third-order valence-corrected chi connectivity index (χ3v) is 4.27. The number of carbonyl (C=O) groups excluding carboxylic acids is 1. The van der Waals surface area contributed by atoms with Crippen molar-refractivity contribution < 1.29 is 9.53 Å². The highest BCUT2D eigenvalue weighted by atomic mass is 35.5. The first-order valence-electron chi connectivity index (χ1n) is 8.29. The second kappa shape index (κ2) is 8.05. The average Bonchev–Trinajstić information content (AvgIpc) is 2.65. The normalized spacial score (nSPS) is 10.4. The summed E-state index contributed by atoms with van der Waals surface area (Å²) in [5.41, 5.74) is 3.31. The lowest BCUT2D eigenvalue weighted by Crippen LogP contribution is -2.15. The Hall–Kier alpha value is -3.12. The van der Waals surface area contributed by atoms with Gasteiger partial charge in [0.25, 0.3) is 5.91 Å². The number of anilines is 3. The second-order valence-corrected chi connectivity index (χ2v) is 6.40. The molecule has 2 aromatic carbocycles. The van der Waals surface area contributed by atoms with Crippen molar-refractivity contribution in [1.29, 1.82) is 0 Å². The molecule has 2 N–H and O–H groups in total. The number of amides is 1. The minimum atomic E-state index is -0.323. The Labute approximate surface area is 162 Å². The van der Waals surface area contributed by atoms with Crippen LogP contribution in [-0.2, 0) is 0 Å². The molecular formula is C20H19ClN4O2. The van der Waals surface area contributed by atoms with E-state index in [1.807, 2.05) is 19.1 Å². The van der Waals surface area contributed by atoms with Gasteiger partial charge in [0.05, 0.1) is 7.11 Å². The fourth-order valence-electron chi connectivity index (χ4n) is 2.41. The Morgan fingerprint density at radius 1 is 1.00 bits per heavy atom. The summed E-state index contributed by atoms with van der Waals surface area (Å²) in [6.07, 6.45) is 0. The fourth-order valence-corrected chi connectivity index (χ4v) is 2.59. The van der Waals surface area contributed by atoms with Gasteiger partial charge >= 0.3 is 0 Å². The summed E-state index contributed by atoms with van der Waals surface area (Å²) in [5, 5.41) is 6.54. The van der Waals surface area contributed by atoms with Gasteiger partial charge < -0.3 is 15.4 Å². The van der Waals surface area contributed by atoms with Crippen molar-refractivity contribution in [2.45, 2.75) is 13.8 Å². The van der Waals surface area contributed by atoms with Crippen molar-refractivity contribution in [3.05, 3.63) is 70.5 Å². The van der Waals surface area contributed by atoms with Gasteiger partial charge in [-0.3, -0.25) is 4.79 Å². The van der Waals surface area contributed by atoms with E-state index in [1.165, 1.54) is 0 Å². The number of nitrogens with zero attached hydrogens (tertiary/aromatic N) is 2. The van der Waals surface area contributed by atoms with E-state index in [2.05, 4.69) is 20.6 Å². The molecule has 6 nitrogen and oxygen atoms in total. The van der Waals surface area contributed by atoms with Gasteiger partial charge in [-0.1, -0.05) is 17.7 Å². The SMILES string of the molecule is COc1ccc(NC(=O)c2cc(C)nc(Nc3ccc(C)c(Cl)c3)n2)cc1. The van der Waals surface area contributed by atoms with Gasteiger partial charge in [-0.2, -0.15) is 0 Å². The molecule has 1 amide bonds. The lowest BCUT2D eigenvalue weighted by molar-refractivity contribution is 0.102. The first-order chi connectivity index (χ1) is 12.9. The number of aryl methyl sites for hydroxylation is 2. The molecule has 1 heterocycles. The van der Waals surface area contributed by atoms with Gasteiger partial charge in [0.2, 0.25) is 5.95 Å². The fraction of sp³-hybridized carbons (Fsp3) is 0.150. The minimum Gasteiger partial charge on any atom is -0.497 e. The summed E-state index contributed by atoms with van der Waals surface area (Å²) in [6, 6.07) is 14.3. The summed E-state index contributed by atoms with van der Waals surface area (Å²) in [4.78, 5) is 21.2. The van der Waals surface area contributed by atoms with E-state index < -0.39 is 0 Å². The van der Waals surface area contributed by atoms with Crippen LogP contribution in [0.2, 0.25) is 5.02 Å². The van der Waals surface area contributed by atoms with Crippen molar-refractivity contribution in [2.75, 3.05) is 17.7 Å². The molecule has 1 aromatic heterocycles. The summed E-state index contributed by atoms with van der Waals surface area (Å²) >= 11 is 6.15. The molecule has 7 heteroatoms. The Morgan fingerprint density at radius 2 is 1.70 bits per heavy atom. The van der Waals surface area contributed by atoms with E-state index in [9.17, 15) is 4.79 Å². The maximum absolute atomic E-state index is 12.5. The van der Waals surface area contributed by atoms with E-state index in [1.54, 1.807) is 50.4 Å². The molecule has 138 valence electrons. The largest absolute Gasteiger partial charge is 0.497 e. The van der Waals surface area contributed by atoms with E-state index in [0.717, 1.165) is 11.3 Å². The van der Waals surface area contributed by atoms with Crippen molar-refractivity contribution in [1.82, 2.24) is 9.97 Å². The summed E-state index contributed by atoms with van der Waals surface area (Å²) in [7, 11) is 1.59. The Balaban J connectivity index is 1.79. The topological polar surface area (TPSA) is 76.1 Å². The smallest absolute Gasteiger partial charge is 0.274 e.